The second kappa shape index (κ2) is 6.19. The highest BCUT2D eigenvalue weighted by Crippen LogP contribution is 2.27. The van der Waals surface area contributed by atoms with E-state index in [-0.39, 0.29) is 5.82 Å². The molecule has 1 aromatic rings. The van der Waals surface area contributed by atoms with Gasteiger partial charge in [-0.3, -0.25) is 0 Å². The van der Waals surface area contributed by atoms with Gasteiger partial charge in [0.05, 0.1) is 5.69 Å². The fourth-order valence-corrected chi connectivity index (χ4v) is 2.92. The summed E-state index contributed by atoms with van der Waals surface area (Å²) in [6, 6.07) is 7.37. The molecule has 0 radical (unpaired) electrons. The fourth-order valence-electron chi connectivity index (χ4n) is 2.92. The summed E-state index contributed by atoms with van der Waals surface area (Å²) in [6.07, 6.45) is 4.65. The number of benzene rings is 1. The molecule has 2 atom stereocenters. The van der Waals surface area contributed by atoms with Crippen molar-refractivity contribution < 1.29 is 4.39 Å². The zero-order valence-electron chi connectivity index (χ0n) is 11.1. The molecule has 0 bridgehead atoms. The summed E-state index contributed by atoms with van der Waals surface area (Å²) in [5.41, 5.74) is 6.74. The Balaban J connectivity index is 2.03. The molecule has 0 amide bonds. The molecule has 0 heterocycles. The van der Waals surface area contributed by atoms with Crippen molar-refractivity contribution in [3.8, 4) is 0 Å². The lowest BCUT2D eigenvalue weighted by Crippen LogP contribution is -2.36. The third-order valence-electron chi connectivity index (χ3n) is 3.88. The maximum Gasteiger partial charge on any atom is 0.146 e. The molecule has 100 valence electrons. The summed E-state index contributed by atoms with van der Waals surface area (Å²) in [7, 11) is 0. The number of halogens is 1. The molecule has 1 aromatic carbocycles. The molecule has 1 saturated carbocycles. The smallest absolute Gasteiger partial charge is 0.146 e. The van der Waals surface area contributed by atoms with Crippen molar-refractivity contribution in [3.63, 3.8) is 0 Å². The lowest BCUT2D eigenvalue weighted by atomic mass is 9.86. The predicted octanol–water partition coefficient (Wildman–Crippen LogP) is 3.17. The third kappa shape index (κ3) is 3.22. The summed E-state index contributed by atoms with van der Waals surface area (Å²) in [5, 5.41) is 0. The average Bonchev–Trinajstić information content (AvgIpc) is 2.37. The van der Waals surface area contributed by atoms with Gasteiger partial charge < -0.3 is 10.6 Å². The molecule has 0 aromatic heterocycles. The first kappa shape index (κ1) is 13.3. The Hall–Kier alpha value is -1.09. The predicted molar refractivity (Wildman–Crippen MR) is 74.2 cm³/mol. The van der Waals surface area contributed by atoms with Crippen LogP contribution in [0.25, 0.3) is 0 Å². The Kier molecular flexibility index (Phi) is 4.59. The van der Waals surface area contributed by atoms with E-state index in [9.17, 15) is 4.39 Å². The summed E-state index contributed by atoms with van der Waals surface area (Å²) < 4.78 is 13.8. The van der Waals surface area contributed by atoms with Crippen molar-refractivity contribution in [1.29, 1.82) is 0 Å². The first-order valence-electron chi connectivity index (χ1n) is 6.95. The van der Waals surface area contributed by atoms with Crippen LogP contribution in [0.3, 0.4) is 0 Å². The van der Waals surface area contributed by atoms with Crippen molar-refractivity contribution in [2.45, 2.75) is 38.6 Å². The monoisotopic (exact) mass is 250 g/mol. The second-order valence-corrected chi connectivity index (χ2v) is 5.28. The Bertz CT molecular complexity index is 381. The highest BCUT2D eigenvalue weighted by molar-refractivity contribution is 5.47. The van der Waals surface area contributed by atoms with Gasteiger partial charge in [0.2, 0.25) is 0 Å². The van der Waals surface area contributed by atoms with Crippen LogP contribution in [-0.2, 0) is 0 Å². The Morgan fingerprint density at radius 2 is 2.11 bits per heavy atom. The molecule has 0 spiro atoms. The van der Waals surface area contributed by atoms with Crippen molar-refractivity contribution in [2.24, 2.45) is 11.7 Å². The summed E-state index contributed by atoms with van der Waals surface area (Å²) in [5.74, 6) is 0.479. The van der Waals surface area contributed by atoms with Gasteiger partial charge in [-0.1, -0.05) is 18.6 Å². The SMILES string of the molecule is CCN(CC1CCCC(N)C1)c1ccccc1F. The van der Waals surface area contributed by atoms with Crippen molar-refractivity contribution in [1.82, 2.24) is 0 Å². The molecule has 2 rings (SSSR count). The van der Waals surface area contributed by atoms with Crippen LogP contribution < -0.4 is 10.6 Å². The van der Waals surface area contributed by atoms with Crippen molar-refractivity contribution in [2.75, 3.05) is 18.0 Å². The van der Waals surface area contributed by atoms with Crippen LogP contribution in [0, 0.1) is 11.7 Å². The van der Waals surface area contributed by atoms with E-state index in [2.05, 4.69) is 11.8 Å². The molecule has 18 heavy (non-hydrogen) atoms. The molecular formula is C15H23FN2. The van der Waals surface area contributed by atoms with Gasteiger partial charge in [-0.25, -0.2) is 4.39 Å². The van der Waals surface area contributed by atoms with Gasteiger partial charge in [0, 0.05) is 19.1 Å². The summed E-state index contributed by atoms with van der Waals surface area (Å²) >= 11 is 0. The highest BCUT2D eigenvalue weighted by Gasteiger charge is 2.22. The normalized spacial score (nSPS) is 23.9. The first-order valence-corrected chi connectivity index (χ1v) is 6.95. The largest absolute Gasteiger partial charge is 0.369 e. The van der Waals surface area contributed by atoms with E-state index in [0.29, 0.717) is 12.0 Å². The van der Waals surface area contributed by atoms with E-state index in [1.807, 2.05) is 12.1 Å². The van der Waals surface area contributed by atoms with Crippen LogP contribution in [0.15, 0.2) is 24.3 Å². The zero-order chi connectivity index (χ0) is 13.0. The lowest BCUT2D eigenvalue weighted by molar-refractivity contribution is 0.323. The van der Waals surface area contributed by atoms with Gasteiger partial charge in [-0.2, -0.15) is 0 Å². The van der Waals surface area contributed by atoms with E-state index >= 15 is 0 Å². The molecule has 1 aliphatic rings. The van der Waals surface area contributed by atoms with Crippen LogP contribution in [0.2, 0.25) is 0 Å². The molecule has 2 unspecified atom stereocenters. The van der Waals surface area contributed by atoms with E-state index in [1.165, 1.54) is 18.9 Å². The maximum absolute atomic E-state index is 13.8. The quantitative estimate of drug-likeness (QED) is 0.889. The minimum atomic E-state index is -0.126. The number of nitrogens with two attached hydrogens (primary N) is 1. The molecule has 0 saturated heterocycles. The number of nitrogens with zero attached hydrogens (tertiary/aromatic N) is 1. The topological polar surface area (TPSA) is 29.3 Å². The molecule has 0 aliphatic heterocycles. The van der Waals surface area contributed by atoms with Crippen molar-refractivity contribution in [3.05, 3.63) is 30.1 Å². The standard InChI is InChI=1S/C15H23FN2/c1-2-18(15-9-4-3-8-14(15)16)11-12-6-5-7-13(17)10-12/h3-4,8-9,12-13H,2,5-7,10-11,17H2,1H3. The molecule has 2 N–H and O–H groups in total. The highest BCUT2D eigenvalue weighted by atomic mass is 19.1. The van der Waals surface area contributed by atoms with E-state index < -0.39 is 0 Å². The molecule has 3 heteroatoms. The van der Waals surface area contributed by atoms with Crippen LogP contribution in [0.1, 0.15) is 32.6 Å². The zero-order valence-corrected chi connectivity index (χ0v) is 11.1. The Labute approximate surface area is 109 Å². The van der Waals surface area contributed by atoms with Crippen LogP contribution in [0.5, 0.6) is 0 Å². The molecular weight excluding hydrogens is 227 g/mol. The fraction of sp³-hybridized carbons (Fsp3) is 0.600. The van der Waals surface area contributed by atoms with E-state index in [4.69, 9.17) is 5.73 Å². The summed E-state index contributed by atoms with van der Waals surface area (Å²) in [6.45, 7) is 3.84. The average molecular weight is 250 g/mol. The third-order valence-corrected chi connectivity index (χ3v) is 3.88. The van der Waals surface area contributed by atoms with Gasteiger partial charge in [-0.15, -0.1) is 0 Å². The van der Waals surface area contributed by atoms with Gasteiger partial charge in [0.1, 0.15) is 5.82 Å². The minimum absolute atomic E-state index is 0.126. The van der Waals surface area contributed by atoms with E-state index in [0.717, 1.165) is 31.6 Å². The van der Waals surface area contributed by atoms with Gasteiger partial charge in [-0.05, 0) is 44.2 Å². The van der Waals surface area contributed by atoms with Gasteiger partial charge in [0.25, 0.3) is 0 Å². The van der Waals surface area contributed by atoms with Crippen LogP contribution in [0.4, 0.5) is 10.1 Å². The maximum atomic E-state index is 13.8. The van der Waals surface area contributed by atoms with E-state index in [1.54, 1.807) is 6.07 Å². The van der Waals surface area contributed by atoms with Crippen LogP contribution in [-0.4, -0.2) is 19.1 Å². The van der Waals surface area contributed by atoms with Gasteiger partial charge in [0.15, 0.2) is 0 Å². The molecule has 1 fully saturated rings. The van der Waals surface area contributed by atoms with Gasteiger partial charge >= 0.3 is 0 Å². The lowest BCUT2D eigenvalue weighted by Gasteiger charge is -2.32. The Morgan fingerprint density at radius 3 is 2.78 bits per heavy atom. The Morgan fingerprint density at radius 1 is 1.33 bits per heavy atom. The van der Waals surface area contributed by atoms with Crippen LogP contribution >= 0.6 is 0 Å². The number of para-hydroxylation sites is 1. The minimum Gasteiger partial charge on any atom is -0.369 e. The number of hydrogen-bond acceptors (Lipinski definition) is 2. The molecule has 2 nitrogen and oxygen atoms in total. The second-order valence-electron chi connectivity index (χ2n) is 5.28. The number of anilines is 1. The number of hydrogen-bond donors (Lipinski definition) is 1. The van der Waals surface area contributed by atoms with Crippen molar-refractivity contribution >= 4 is 5.69 Å². The first-order chi connectivity index (χ1) is 8.70. The number of rotatable bonds is 4. The summed E-state index contributed by atoms with van der Waals surface area (Å²) in [4.78, 5) is 2.14. The molecule has 1 aliphatic carbocycles.